The average molecular weight is 403 g/mol. The number of halogens is 2. The van der Waals surface area contributed by atoms with Crippen molar-refractivity contribution in [3.63, 3.8) is 0 Å². The number of benzene rings is 1. The molecule has 0 N–H and O–H groups in total. The van der Waals surface area contributed by atoms with Crippen molar-refractivity contribution in [2.45, 2.75) is 32.4 Å². The van der Waals surface area contributed by atoms with Crippen LogP contribution in [0.5, 0.6) is 0 Å². The van der Waals surface area contributed by atoms with E-state index in [1.807, 2.05) is 18.4 Å². The lowest BCUT2D eigenvalue weighted by atomic mass is 10.0. The van der Waals surface area contributed by atoms with Gasteiger partial charge in [0.2, 0.25) is 0 Å². The van der Waals surface area contributed by atoms with Crippen molar-refractivity contribution >= 4 is 33.1 Å². The van der Waals surface area contributed by atoms with Gasteiger partial charge in [-0.15, -0.1) is 11.3 Å². The fourth-order valence-corrected chi connectivity index (χ4v) is 5.95. The molecule has 1 aliphatic rings. The maximum absolute atomic E-state index is 14.0. The van der Waals surface area contributed by atoms with Crippen LogP contribution in [0.4, 0.5) is 4.39 Å². The minimum Gasteiger partial charge on any atom is -0.207 e. The van der Waals surface area contributed by atoms with Gasteiger partial charge in [0.05, 0.1) is 6.04 Å². The predicted octanol–water partition coefficient (Wildman–Crippen LogP) is 4.23. The van der Waals surface area contributed by atoms with E-state index in [2.05, 4.69) is 0 Å². The zero-order valence-corrected chi connectivity index (χ0v) is 16.5. The van der Waals surface area contributed by atoms with Crippen LogP contribution >= 0.6 is 22.9 Å². The second kappa shape index (κ2) is 7.32. The summed E-state index contributed by atoms with van der Waals surface area (Å²) in [6.07, 6.45) is 1.40. The maximum atomic E-state index is 14.0. The minimum atomic E-state index is -3.73. The van der Waals surface area contributed by atoms with Crippen LogP contribution < -0.4 is 0 Å². The highest BCUT2D eigenvalue weighted by atomic mass is 35.5. The lowest BCUT2D eigenvalue weighted by molar-refractivity contribution is 0.276. The lowest BCUT2D eigenvalue weighted by Gasteiger charge is -2.36. The number of hydrogen-bond donors (Lipinski definition) is 0. The van der Waals surface area contributed by atoms with Gasteiger partial charge in [-0.2, -0.15) is 17.0 Å². The molecule has 0 spiro atoms. The molecule has 1 aromatic heterocycles. The number of fused-ring (bicyclic) bond motifs is 1. The molecule has 2 heterocycles. The van der Waals surface area contributed by atoms with E-state index in [0.29, 0.717) is 19.4 Å². The third-order valence-electron chi connectivity index (χ3n) is 4.57. The quantitative estimate of drug-likeness (QED) is 0.751. The number of thiophene rings is 1. The molecule has 0 amide bonds. The van der Waals surface area contributed by atoms with Crippen molar-refractivity contribution in [2.75, 3.05) is 13.6 Å². The summed E-state index contributed by atoms with van der Waals surface area (Å²) in [6, 6.07) is 6.18. The van der Waals surface area contributed by atoms with Gasteiger partial charge in [-0.05, 0) is 42.0 Å². The standard InChI is InChI=1S/C17H20ClFN2O2S2/c1-3-16-12-8-10-24-17(12)7-9-21(16)25(22,23)20(2)11-13-14(18)5-4-6-15(13)19/h4-6,8,10,16H,3,7,9,11H2,1-2H3. The van der Waals surface area contributed by atoms with Gasteiger partial charge in [0.25, 0.3) is 10.2 Å². The molecule has 8 heteroatoms. The predicted molar refractivity (Wildman–Crippen MR) is 99.6 cm³/mol. The minimum absolute atomic E-state index is 0.0999. The van der Waals surface area contributed by atoms with Gasteiger partial charge in [0.1, 0.15) is 5.82 Å². The van der Waals surface area contributed by atoms with E-state index in [1.54, 1.807) is 17.4 Å². The van der Waals surface area contributed by atoms with Crippen molar-refractivity contribution < 1.29 is 12.8 Å². The molecule has 136 valence electrons. The Morgan fingerprint density at radius 3 is 2.84 bits per heavy atom. The van der Waals surface area contributed by atoms with Crippen LogP contribution in [0.1, 0.15) is 35.4 Å². The van der Waals surface area contributed by atoms with Crippen LogP contribution in [0.3, 0.4) is 0 Å². The smallest absolute Gasteiger partial charge is 0.207 e. The van der Waals surface area contributed by atoms with Crippen molar-refractivity contribution in [1.29, 1.82) is 0 Å². The first-order valence-corrected chi connectivity index (χ1v) is 10.7. The second-order valence-corrected chi connectivity index (χ2v) is 9.44. The Balaban J connectivity index is 1.88. The molecule has 1 aliphatic heterocycles. The monoisotopic (exact) mass is 402 g/mol. The van der Waals surface area contributed by atoms with Gasteiger partial charge in [-0.1, -0.05) is 24.6 Å². The number of rotatable bonds is 5. The first kappa shape index (κ1) is 18.8. The molecule has 0 bridgehead atoms. The molecule has 0 saturated heterocycles. The Morgan fingerprint density at radius 1 is 1.40 bits per heavy atom. The van der Waals surface area contributed by atoms with Crippen molar-refractivity contribution in [2.24, 2.45) is 0 Å². The molecular formula is C17H20ClFN2O2S2. The molecule has 25 heavy (non-hydrogen) atoms. The van der Waals surface area contributed by atoms with E-state index in [0.717, 1.165) is 5.56 Å². The zero-order valence-electron chi connectivity index (χ0n) is 14.1. The van der Waals surface area contributed by atoms with Crippen LogP contribution in [-0.4, -0.2) is 30.6 Å². The summed E-state index contributed by atoms with van der Waals surface area (Å²) in [5.74, 6) is -0.500. The Labute approximate surface area is 157 Å². The molecule has 3 rings (SSSR count). The molecule has 4 nitrogen and oxygen atoms in total. The molecule has 0 saturated carbocycles. The molecular weight excluding hydrogens is 383 g/mol. The highest BCUT2D eigenvalue weighted by Crippen LogP contribution is 2.37. The molecule has 0 aliphatic carbocycles. The Kier molecular flexibility index (Phi) is 5.51. The van der Waals surface area contributed by atoms with Gasteiger partial charge in [0, 0.05) is 35.6 Å². The zero-order chi connectivity index (χ0) is 18.2. The van der Waals surface area contributed by atoms with E-state index >= 15 is 0 Å². The largest absolute Gasteiger partial charge is 0.282 e. The lowest BCUT2D eigenvalue weighted by Crippen LogP contribution is -2.46. The Bertz CT molecular complexity index is 849. The van der Waals surface area contributed by atoms with E-state index in [1.165, 1.54) is 32.7 Å². The molecule has 0 radical (unpaired) electrons. The van der Waals surface area contributed by atoms with E-state index < -0.39 is 16.0 Å². The third kappa shape index (κ3) is 3.48. The first-order chi connectivity index (χ1) is 11.9. The Morgan fingerprint density at radius 2 is 2.16 bits per heavy atom. The highest BCUT2D eigenvalue weighted by molar-refractivity contribution is 7.86. The van der Waals surface area contributed by atoms with E-state index in [4.69, 9.17) is 11.6 Å². The summed E-state index contributed by atoms with van der Waals surface area (Å²) < 4.78 is 42.9. The van der Waals surface area contributed by atoms with Crippen molar-refractivity contribution in [3.8, 4) is 0 Å². The SMILES string of the molecule is CCC1c2ccsc2CCN1S(=O)(=O)N(C)Cc1c(F)cccc1Cl. The summed E-state index contributed by atoms with van der Waals surface area (Å²) in [7, 11) is -2.26. The summed E-state index contributed by atoms with van der Waals surface area (Å²) in [6.45, 7) is 2.31. The molecule has 1 unspecified atom stereocenters. The van der Waals surface area contributed by atoms with Gasteiger partial charge in [-0.25, -0.2) is 4.39 Å². The van der Waals surface area contributed by atoms with Crippen LogP contribution in [0.15, 0.2) is 29.6 Å². The van der Waals surface area contributed by atoms with Crippen LogP contribution in [-0.2, 0) is 23.2 Å². The van der Waals surface area contributed by atoms with Crippen molar-refractivity contribution in [3.05, 3.63) is 56.5 Å². The summed E-state index contributed by atoms with van der Waals surface area (Å²) >= 11 is 7.71. The van der Waals surface area contributed by atoms with E-state index in [-0.39, 0.29) is 23.2 Å². The maximum Gasteiger partial charge on any atom is 0.282 e. The van der Waals surface area contributed by atoms with Crippen molar-refractivity contribution in [1.82, 2.24) is 8.61 Å². The first-order valence-electron chi connectivity index (χ1n) is 8.08. The van der Waals surface area contributed by atoms with E-state index in [9.17, 15) is 12.8 Å². The fourth-order valence-electron chi connectivity index (χ4n) is 3.24. The van der Waals surface area contributed by atoms with Gasteiger partial charge in [-0.3, -0.25) is 0 Å². The molecule has 0 fully saturated rings. The number of hydrogen-bond acceptors (Lipinski definition) is 3. The van der Waals surface area contributed by atoms with Gasteiger partial charge >= 0.3 is 0 Å². The molecule has 1 aromatic carbocycles. The topological polar surface area (TPSA) is 40.6 Å². The second-order valence-electron chi connectivity index (χ2n) is 6.05. The summed E-state index contributed by atoms with van der Waals surface area (Å²) in [5, 5.41) is 2.24. The summed E-state index contributed by atoms with van der Waals surface area (Å²) in [4.78, 5) is 1.25. The highest BCUT2D eigenvalue weighted by Gasteiger charge is 2.37. The molecule has 2 aromatic rings. The van der Waals surface area contributed by atoms with Gasteiger partial charge in [0.15, 0.2) is 0 Å². The van der Waals surface area contributed by atoms with Crippen LogP contribution in [0, 0.1) is 5.82 Å². The van der Waals surface area contributed by atoms with Crippen LogP contribution in [0.2, 0.25) is 5.02 Å². The van der Waals surface area contributed by atoms with Gasteiger partial charge < -0.3 is 0 Å². The third-order valence-corrected chi connectivity index (χ3v) is 7.86. The number of nitrogens with zero attached hydrogens (tertiary/aromatic N) is 2. The fraction of sp³-hybridized carbons (Fsp3) is 0.412. The van der Waals surface area contributed by atoms with Crippen LogP contribution in [0.25, 0.3) is 0 Å². The Hall–Kier alpha value is -0.990. The average Bonchev–Trinajstić information content (AvgIpc) is 3.05. The molecule has 1 atom stereocenters. The normalized spacial score (nSPS) is 18.5. The summed E-state index contributed by atoms with van der Waals surface area (Å²) in [5.41, 5.74) is 1.27.